The number of hydrogen-bond acceptors (Lipinski definition) is 11. The Kier molecular flexibility index (Phi) is 40.3. The average Bonchev–Trinajstić information content (AvgIpc) is 3.28. The van der Waals surface area contributed by atoms with E-state index in [0.29, 0.717) is 13.0 Å². The molecule has 1 aliphatic rings. The lowest BCUT2D eigenvalue weighted by Gasteiger charge is -2.41. The Hall–Kier alpha value is -2.20. The van der Waals surface area contributed by atoms with Crippen LogP contribution in [-0.2, 0) is 38.3 Å². The fourth-order valence-corrected chi connectivity index (χ4v) is 8.05. The molecular formula is C52H92O12S. The first-order valence-corrected chi connectivity index (χ1v) is 26.9. The summed E-state index contributed by atoms with van der Waals surface area (Å²) in [6.07, 6.45) is 45.5. The lowest BCUT2D eigenvalue weighted by Crippen LogP contribution is -2.60. The fourth-order valence-electron chi connectivity index (χ4n) is 7.54. The van der Waals surface area contributed by atoms with Crippen molar-refractivity contribution in [2.45, 2.75) is 237 Å². The van der Waals surface area contributed by atoms with Gasteiger partial charge in [0.05, 0.1) is 19.8 Å². The number of ether oxygens (including phenoxy) is 4. The van der Waals surface area contributed by atoms with Gasteiger partial charge in [-0.3, -0.25) is 9.35 Å². The molecule has 0 radical (unpaired) electrons. The third-order valence-corrected chi connectivity index (χ3v) is 11.8. The van der Waals surface area contributed by atoms with Gasteiger partial charge in [-0.05, 0) is 77.0 Å². The van der Waals surface area contributed by atoms with Gasteiger partial charge in [0.15, 0.2) is 6.29 Å². The largest absolute Gasteiger partial charge is 0.457 e. The lowest BCUT2D eigenvalue weighted by atomic mass is 9.99. The highest BCUT2D eigenvalue weighted by Gasteiger charge is 2.48. The molecule has 0 aliphatic carbocycles. The van der Waals surface area contributed by atoms with E-state index in [1.54, 1.807) is 0 Å². The third-order valence-electron chi connectivity index (χ3n) is 11.4. The zero-order valence-electron chi connectivity index (χ0n) is 40.5. The van der Waals surface area contributed by atoms with Crippen LogP contribution in [0.2, 0.25) is 0 Å². The number of unbranched alkanes of at least 4 members (excludes halogenated alkanes) is 21. The topological polar surface area (TPSA) is 178 Å². The summed E-state index contributed by atoms with van der Waals surface area (Å²) in [5.74, 6) is -0.410. The maximum absolute atomic E-state index is 12.8. The van der Waals surface area contributed by atoms with E-state index in [9.17, 15) is 33.1 Å². The van der Waals surface area contributed by atoms with E-state index in [-0.39, 0.29) is 19.6 Å². The van der Waals surface area contributed by atoms with Crippen LogP contribution in [0.15, 0.2) is 60.8 Å². The Morgan fingerprint density at radius 3 is 1.57 bits per heavy atom. The molecule has 0 amide bonds. The molecule has 1 fully saturated rings. The molecule has 0 aromatic heterocycles. The van der Waals surface area contributed by atoms with Crippen LogP contribution in [0, 0.1) is 0 Å². The van der Waals surface area contributed by atoms with Crippen LogP contribution >= 0.6 is 0 Å². The predicted molar refractivity (Wildman–Crippen MR) is 262 cm³/mol. The van der Waals surface area contributed by atoms with Crippen molar-refractivity contribution < 1.29 is 56.2 Å². The van der Waals surface area contributed by atoms with Gasteiger partial charge in [0.25, 0.3) is 0 Å². The standard InChI is InChI=1S/C52H92O12S/c1-3-5-7-9-11-13-15-17-18-19-20-21-22-23-24-25-26-27-28-29-30-32-34-36-38-40-42-60-44-46(62-48(54)41-39-37-35-33-31-16-14-12-10-8-6-4-2)45-61-52-50(56)51(64-65(57,58)59)49(55)47(43-53)63-52/h5,7,11-14,17-18,20-21,46-47,49-53,55-56H,3-4,6,8-10,15-16,19,22-45H2,1-2H3,(H,57,58,59)/b7-5-,13-11-,14-12-,18-17-,21-20-. The zero-order chi connectivity index (χ0) is 47.5. The summed E-state index contributed by atoms with van der Waals surface area (Å²) in [6, 6.07) is 0. The number of esters is 1. The number of carbonyl (C=O) groups is 1. The van der Waals surface area contributed by atoms with Gasteiger partial charge >= 0.3 is 16.4 Å². The molecule has 12 nitrogen and oxygen atoms in total. The number of aliphatic hydroxyl groups is 3. The number of aliphatic hydroxyl groups excluding tert-OH is 3. The zero-order valence-corrected chi connectivity index (χ0v) is 41.4. The molecule has 1 heterocycles. The van der Waals surface area contributed by atoms with Crippen molar-refractivity contribution in [1.82, 2.24) is 0 Å². The van der Waals surface area contributed by atoms with Gasteiger partial charge in [-0.2, -0.15) is 8.42 Å². The van der Waals surface area contributed by atoms with E-state index in [4.69, 9.17) is 18.9 Å². The summed E-state index contributed by atoms with van der Waals surface area (Å²) in [5, 5.41) is 30.7. The molecule has 1 rings (SSSR count). The van der Waals surface area contributed by atoms with Crippen molar-refractivity contribution in [2.24, 2.45) is 0 Å². The van der Waals surface area contributed by atoms with Crippen molar-refractivity contribution in [3.63, 3.8) is 0 Å². The van der Waals surface area contributed by atoms with E-state index >= 15 is 0 Å². The van der Waals surface area contributed by atoms with Crippen molar-refractivity contribution >= 4 is 16.4 Å². The first kappa shape index (κ1) is 60.8. The highest BCUT2D eigenvalue weighted by atomic mass is 32.3. The highest BCUT2D eigenvalue weighted by molar-refractivity contribution is 7.80. The van der Waals surface area contributed by atoms with Crippen LogP contribution < -0.4 is 0 Å². The van der Waals surface area contributed by atoms with Crippen LogP contribution in [0.1, 0.15) is 200 Å². The number of allylic oxidation sites excluding steroid dienone is 10. The molecule has 0 aromatic carbocycles. The summed E-state index contributed by atoms with van der Waals surface area (Å²) in [4.78, 5) is 12.8. The van der Waals surface area contributed by atoms with E-state index in [1.165, 1.54) is 89.9 Å². The molecule has 0 spiro atoms. The first-order valence-electron chi connectivity index (χ1n) is 25.5. The average molecular weight is 941 g/mol. The molecule has 13 heteroatoms. The quantitative estimate of drug-likeness (QED) is 0.0197. The summed E-state index contributed by atoms with van der Waals surface area (Å²) < 4.78 is 59.2. The Bertz CT molecular complexity index is 1360. The SMILES string of the molecule is CC/C=C\C/C=C\C/C=C\C/C=C\CCCCCCCCCCCCCCCOCC(COC1OC(CO)C(O)C(OS(=O)(=O)O)C1O)OC(=O)CCCCCCC/C=C\CCCCC. The van der Waals surface area contributed by atoms with Crippen LogP contribution in [0.25, 0.3) is 0 Å². The van der Waals surface area contributed by atoms with Crippen LogP contribution in [0.4, 0.5) is 0 Å². The molecule has 1 saturated heterocycles. The van der Waals surface area contributed by atoms with Crippen molar-refractivity contribution in [3.05, 3.63) is 60.8 Å². The molecule has 0 bridgehead atoms. The maximum Gasteiger partial charge on any atom is 0.397 e. The second-order valence-corrected chi connectivity index (χ2v) is 18.4. The Balaban J connectivity index is 2.29. The summed E-state index contributed by atoms with van der Waals surface area (Å²) in [7, 11) is -5.07. The van der Waals surface area contributed by atoms with Gasteiger partial charge in [0.2, 0.25) is 0 Å². The molecule has 6 unspecified atom stereocenters. The van der Waals surface area contributed by atoms with Crippen molar-refractivity contribution in [1.29, 1.82) is 0 Å². The molecule has 0 aromatic rings. The summed E-state index contributed by atoms with van der Waals surface area (Å²) >= 11 is 0. The predicted octanol–water partition coefficient (Wildman–Crippen LogP) is 11.7. The number of rotatable bonds is 44. The molecule has 6 atom stereocenters. The van der Waals surface area contributed by atoms with E-state index < -0.39 is 59.8 Å². The van der Waals surface area contributed by atoms with Gasteiger partial charge in [-0.25, -0.2) is 4.18 Å². The molecule has 0 saturated carbocycles. The number of carbonyl (C=O) groups excluding carboxylic acids is 1. The number of hydrogen-bond donors (Lipinski definition) is 4. The molecule has 65 heavy (non-hydrogen) atoms. The minimum absolute atomic E-state index is 0.0306. The van der Waals surface area contributed by atoms with E-state index in [2.05, 4.69) is 78.8 Å². The van der Waals surface area contributed by atoms with Gasteiger partial charge in [0.1, 0.15) is 30.5 Å². The highest BCUT2D eigenvalue weighted by Crippen LogP contribution is 2.26. The fraction of sp³-hybridized carbons (Fsp3) is 0.788. The van der Waals surface area contributed by atoms with Gasteiger partial charge in [-0.15, -0.1) is 0 Å². The monoisotopic (exact) mass is 941 g/mol. The maximum atomic E-state index is 12.8. The second kappa shape index (κ2) is 43.1. The minimum Gasteiger partial charge on any atom is -0.457 e. The van der Waals surface area contributed by atoms with Crippen LogP contribution in [0.3, 0.4) is 0 Å². The minimum atomic E-state index is -5.07. The van der Waals surface area contributed by atoms with Gasteiger partial charge < -0.3 is 34.3 Å². The summed E-state index contributed by atoms with van der Waals surface area (Å²) in [5.41, 5.74) is 0. The van der Waals surface area contributed by atoms with E-state index in [1.807, 2.05) is 0 Å². The van der Waals surface area contributed by atoms with Crippen molar-refractivity contribution in [2.75, 3.05) is 26.4 Å². The molecule has 4 N–H and O–H groups in total. The van der Waals surface area contributed by atoms with Gasteiger partial charge in [0, 0.05) is 13.0 Å². The van der Waals surface area contributed by atoms with Crippen LogP contribution in [-0.4, -0.2) is 97.5 Å². The molecule has 378 valence electrons. The third kappa shape index (κ3) is 36.5. The smallest absolute Gasteiger partial charge is 0.397 e. The van der Waals surface area contributed by atoms with Crippen LogP contribution in [0.5, 0.6) is 0 Å². The first-order chi connectivity index (χ1) is 31.6. The Morgan fingerprint density at radius 2 is 1.06 bits per heavy atom. The summed E-state index contributed by atoms with van der Waals surface area (Å²) in [6.45, 7) is 3.84. The normalized spacial score (nSPS) is 20.1. The Morgan fingerprint density at radius 1 is 0.600 bits per heavy atom. The molecule has 1 aliphatic heterocycles. The van der Waals surface area contributed by atoms with Crippen molar-refractivity contribution in [3.8, 4) is 0 Å². The second-order valence-electron chi connectivity index (χ2n) is 17.4. The lowest BCUT2D eigenvalue weighted by molar-refractivity contribution is -0.301. The van der Waals surface area contributed by atoms with Gasteiger partial charge in [-0.1, -0.05) is 177 Å². The van der Waals surface area contributed by atoms with E-state index in [0.717, 1.165) is 83.5 Å². The molecular weight excluding hydrogens is 849 g/mol. The Labute approximate surface area is 395 Å².